The van der Waals surface area contributed by atoms with Gasteiger partial charge in [-0.1, -0.05) is 72.5 Å². The Bertz CT molecular complexity index is 614. The monoisotopic (exact) mass is 282 g/mol. The molecule has 0 spiro atoms. The molecular weight excluding hydrogens is 268 g/mol. The van der Waals surface area contributed by atoms with Crippen LogP contribution >= 0.6 is 0 Å². The number of rotatable bonds is 3. The van der Waals surface area contributed by atoms with Gasteiger partial charge in [-0.15, -0.1) is 0 Å². The zero-order valence-electron chi connectivity index (χ0n) is 11.2. The van der Waals surface area contributed by atoms with Gasteiger partial charge in [0, 0.05) is 11.1 Å². The number of carbonyl (C=O) groups is 1. The second-order valence-electron chi connectivity index (χ2n) is 4.30. The van der Waals surface area contributed by atoms with Crippen LogP contribution in [0.25, 0.3) is 0 Å². The molecule has 0 aliphatic heterocycles. The summed E-state index contributed by atoms with van der Waals surface area (Å²) < 4.78 is 4.34. The summed E-state index contributed by atoms with van der Waals surface area (Å²) in [7, 11) is 0. The topological polar surface area (TPSA) is 66.8 Å². The Labute approximate surface area is 122 Å². The van der Waals surface area contributed by atoms with Crippen LogP contribution in [0.4, 0.5) is 4.79 Å². The number of hydrogen-bond acceptors (Lipinski definition) is 3. The summed E-state index contributed by atoms with van der Waals surface area (Å²) in [6.45, 7) is -0.294. The molecule has 2 rings (SSSR count). The molecule has 0 aliphatic rings. The second-order valence-corrected chi connectivity index (χ2v) is 4.30. The lowest BCUT2D eigenvalue weighted by Gasteiger charge is -2.23. The quantitative estimate of drug-likeness (QED) is 0.671. The lowest BCUT2D eigenvalue weighted by molar-refractivity contribution is 0.103. The van der Waals surface area contributed by atoms with Gasteiger partial charge in [0.05, 0.1) is 0 Å². The van der Waals surface area contributed by atoms with Crippen LogP contribution in [-0.4, -0.2) is 23.0 Å². The van der Waals surface area contributed by atoms with Gasteiger partial charge in [0.15, 0.2) is 12.2 Å². The molecule has 0 bridgehead atoms. The lowest BCUT2D eigenvalue weighted by Crippen LogP contribution is -2.25. The number of aliphatic hydroxyl groups is 1. The maximum atomic E-state index is 10.9. The van der Waals surface area contributed by atoms with E-state index in [1.165, 1.54) is 0 Å². The van der Waals surface area contributed by atoms with E-state index in [0.29, 0.717) is 11.1 Å². The van der Waals surface area contributed by atoms with Gasteiger partial charge < -0.3 is 14.9 Å². The Kier molecular flexibility index (Phi) is 4.60. The minimum absolute atomic E-state index is 0.294. The molecule has 0 aliphatic carbocycles. The number of carboxylic acid groups (broad SMARTS) is 1. The average molecular weight is 282 g/mol. The molecule has 0 amide bonds. The maximum absolute atomic E-state index is 10.9. The summed E-state index contributed by atoms with van der Waals surface area (Å²) in [6, 6.07) is 18.0. The molecule has 2 aromatic rings. The third-order valence-corrected chi connectivity index (χ3v) is 2.92. The molecule has 4 heteroatoms. The molecule has 0 saturated carbocycles. The van der Waals surface area contributed by atoms with Gasteiger partial charge >= 0.3 is 6.16 Å². The van der Waals surface area contributed by atoms with Crippen molar-refractivity contribution < 1.29 is 19.7 Å². The molecule has 21 heavy (non-hydrogen) atoms. The van der Waals surface area contributed by atoms with Gasteiger partial charge in [0.2, 0.25) is 0 Å². The molecule has 2 aromatic carbocycles. The Hall–Kier alpha value is -2.77. The Balaban J connectivity index is 2.38. The molecule has 106 valence electrons. The normalized spacial score (nSPS) is 10.3. The van der Waals surface area contributed by atoms with Crippen molar-refractivity contribution in [3.63, 3.8) is 0 Å². The predicted octanol–water partition coefficient (Wildman–Crippen LogP) is 2.62. The maximum Gasteiger partial charge on any atom is 0.506 e. The van der Waals surface area contributed by atoms with E-state index in [-0.39, 0.29) is 6.61 Å². The van der Waals surface area contributed by atoms with Crippen molar-refractivity contribution in [3.8, 4) is 11.8 Å². The van der Waals surface area contributed by atoms with Crippen LogP contribution in [0.15, 0.2) is 60.7 Å². The van der Waals surface area contributed by atoms with Gasteiger partial charge in [-0.05, 0) is 0 Å². The van der Waals surface area contributed by atoms with Crippen molar-refractivity contribution in [2.75, 3.05) is 6.61 Å². The predicted molar refractivity (Wildman–Crippen MR) is 77.6 cm³/mol. The standard InChI is InChI=1S/C17H14O4/c18-16(19)21-13-7-12-17(20,14-8-3-1-4-9-14)15-10-5-2-6-11-15/h1-6,8-11,20H,13H2,(H,18,19). The minimum atomic E-state index is -1.51. The van der Waals surface area contributed by atoms with E-state index in [0.717, 1.165) is 0 Å². The minimum Gasteiger partial charge on any atom is -0.450 e. The second kappa shape index (κ2) is 6.60. The number of ether oxygens (including phenoxy) is 1. The molecule has 0 unspecified atom stereocenters. The molecule has 0 heterocycles. The summed E-state index contributed by atoms with van der Waals surface area (Å²) in [4.78, 5) is 10.3. The summed E-state index contributed by atoms with van der Waals surface area (Å²) >= 11 is 0. The fraction of sp³-hybridized carbons (Fsp3) is 0.118. The van der Waals surface area contributed by atoms with E-state index < -0.39 is 11.8 Å². The van der Waals surface area contributed by atoms with Crippen LogP contribution in [-0.2, 0) is 10.3 Å². The first-order valence-corrected chi connectivity index (χ1v) is 6.32. The zero-order chi connectivity index (χ0) is 15.1. The highest BCUT2D eigenvalue weighted by atomic mass is 16.7. The first-order valence-electron chi connectivity index (χ1n) is 6.32. The van der Waals surface area contributed by atoms with Crippen LogP contribution < -0.4 is 0 Å². The Morgan fingerprint density at radius 1 is 1.00 bits per heavy atom. The van der Waals surface area contributed by atoms with Crippen molar-refractivity contribution in [3.05, 3.63) is 71.8 Å². The molecule has 0 aromatic heterocycles. The van der Waals surface area contributed by atoms with Crippen molar-refractivity contribution in [2.45, 2.75) is 5.60 Å². The molecular formula is C17H14O4. The van der Waals surface area contributed by atoms with Gasteiger partial charge in [-0.3, -0.25) is 0 Å². The largest absolute Gasteiger partial charge is 0.506 e. The van der Waals surface area contributed by atoms with E-state index >= 15 is 0 Å². The first-order chi connectivity index (χ1) is 10.1. The highest BCUT2D eigenvalue weighted by Crippen LogP contribution is 2.28. The third kappa shape index (κ3) is 3.62. The lowest BCUT2D eigenvalue weighted by atomic mass is 9.87. The SMILES string of the molecule is O=C(O)OCC#CC(O)(c1ccccc1)c1ccccc1. The molecule has 2 N–H and O–H groups in total. The zero-order valence-corrected chi connectivity index (χ0v) is 11.2. The third-order valence-electron chi connectivity index (χ3n) is 2.92. The van der Waals surface area contributed by atoms with Crippen LogP contribution in [0.3, 0.4) is 0 Å². The summed E-state index contributed by atoms with van der Waals surface area (Å²) in [5.74, 6) is 5.25. The fourth-order valence-corrected chi connectivity index (χ4v) is 1.93. The van der Waals surface area contributed by atoms with Crippen molar-refractivity contribution in [1.82, 2.24) is 0 Å². The van der Waals surface area contributed by atoms with E-state index in [2.05, 4.69) is 16.6 Å². The highest BCUT2D eigenvalue weighted by molar-refractivity contribution is 5.57. The highest BCUT2D eigenvalue weighted by Gasteiger charge is 2.28. The van der Waals surface area contributed by atoms with Crippen LogP contribution in [0.1, 0.15) is 11.1 Å². The molecule has 0 atom stereocenters. The summed E-state index contributed by atoms with van der Waals surface area (Å²) in [6.07, 6.45) is -1.40. The fourth-order valence-electron chi connectivity index (χ4n) is 1.93. The Morgan fingerprint density at radius 2 is 1.48 bits per heavy atom. The average Bonchev–Trinajstić information content (AvgIpc) is 2.53. The summed E-state index contributed by atoms with van der Waals surface area (Å²) in [5, 5.41) is 19.4. The van der Waals surface area contributed by atoms with E-state index in [4.69, 9.17) is 5.11 Å². The van der Waals surface area contributed by atoms with Gasteiger partial charge in [-0.2, -0.15) is 0 Å². The Morgan fingerprint density at radius 3 is 1.90 bits per heavy atom. The molecule has 0 fully saturated rings. The van der Waals surface area contributed by atoms with Crippen molar-refractivity contribution >= 4 is 6.16 Å². The molecule has 0 radical (unpaired) electrons. The first kappa shape index (κ1) is 14.6. The van der Waals surface area contributed by atoms with E-state index in [1.54, 1.807) is 48.5 Å². The van der Waals surface area contributed by atoms with Crippen LogP contribution in [0.2, 0.25) is 0 Å². The number of benzene rings is 2. The van der Waals surface area contributed by atoms with Crippen LogP contribution in [0.5, 0.6) is 0 Å². The van der Waals surface area contributed by atoms with Crippen molar-refractivity contribution in [1.29, 1.82) is 0 Å². The van der Waals surface area contributed by atoms with Gasteiger partial charge in [-0.25, -0.2) is 4.79 Å². The van der Waals surface area contributed by atoms with E-state index in [9.17, 15) is 9.90 Å². The number of hydrogen-bond donors (Lipinski definition) is 2. The molecule has 4 nitrogen and oxygen atoms in total. The van der Waals surface area contributed by atoms with Gasteiger partial charge in [0.1, 0.15) is 0 Å². The van der Waals surface area contributed by atoms with Gasteiger partial charge in [0.25, 0.3) is 0 Å². The smallest absolute Gasteiger partial charge is 0.450 e. The molecule has 0 saturated heterocycles. The van der Waals surface area contributed by atoms with E-state index in [1.807, 2.05) is 12.1 Å². The van der Waals surface area contributed by atoms with Crippen LogP contribution in [0, 0.1) is 11.8 Å². The summed E-state index contributed by atoms with van der Waals surface area (Å²) in [5.41, 5.74) is -0.289. The van der Waals surface area contributed by atoms with Crippen molar-refractivity contribution in [2.24, 2.45) is 0 Å².